The van der Waals surface area contributed by atoms with Crippen LogP contribution in [0.1, 0.15) is 24.8 Å². The molecule has 1 N–H and O–H groups in total. The first kappa shape index (κ1) is 15.2. The zero-order valence-electron chi connectivity index (χ0n) is 12.3. The lowest BCUT2D eigenvalue weighted by atomic mass is 10.1. The number of nitrogens with zero attached hydrogens (tertiary/aromatic N) is 2. The largest absolute Gasteiger partial charge is 0.466 e. The molecule has 0 bridgehead atoms. The summed E-state index contributed by atoms with van der Waals surface area (Å²) in [5.41, 5.74) is 2.04. The second-order valence-electron chi connectivity index (χ2n) is 4.60. The molecular formula is C15H19N3O3. The van der Waals surface area contributed by atoms with Gasteiger partial charge in [-0.05, 0) is 26.0 Å². The number of hydrogen-bond acceptors (Lipinski definition) is 6. The minimum Gasteiger partial charge on any atom is -0.466 e. The van der Waals surface area contributed by atoms with Gasteiger partial charge >= 0.3 is 5.97 Å². The van der Waals surface area contributed by atoms with Crippen LogP contribution in [0.5, 0.6) is 0 Å². The molecule has 0 amide bonds. The van der Waals surface area contributed by atoms with Crippen molar-refractivity contribution in [3.63, 3.8) is 0 Å². The topological polar surface area (TPSA) is 77.2 Å². The molecule has 0 fully saturated rings. The Bertz CT molecular complexity index is 595. The Kier molecular flexibility index (Phi) is 5.45. The molecule has 0 saturated heterocycles. The van der Waals surface area contributed by atoms with Crippen molar-refractivity contribution in [1.82, 2.24) is 15.5 Å². The van der Waals surface area contributed by atoms with Crippen LogP contribution in [0.4, 0.5) is 0 Å². The first-order valence-electron chi connectivity index (χ1n) is 6.95. The number of hydrogen-bond donors (Lipinski definition) is 1. The van der Waals surface area contributed by atoms with Crippen molar-refractivity contribution < 1.29 is 13.9 Å². The van der Waals surface area contributed by atoms with Crippen molar-refractivity contribution in [3.8, 4) is 11.5 Å². The molecule has 21 heavy (non-hydrogen) atoms. The number of benzene rings is 1. The van der Waals surface area contributed by atoms with Crippen molar-refractivity contribution in [3.05, 3.63) is 35.7 Å². The van der Waals surface area contributed by atoms with E-state index >= 15 is 0 Å². The Morgan fingerprint density at radius 1 is 1.38 bits per heavy atom. The smallest absolute Gasteiger partial charge is 0.307 e. The first-order chi connectivity index (χ1) is 10.2. The monoisotopic (exact) mass is 289 g/mol. The van der Waals surface area contributed by atoms with Crippen LogP contribution in [-0.2, 0) is 16.1 Å². The summed E-state index contributed by atoms with van der Waals surface area (Å²) in [5, 5.41) is 11.1. The number of nitrogens with one attached hydrogen (secondary N) is 1. The lowest BCUT2D eigenvalue weighted by Gasteiger charge is -2.02. The summed E-state index contributed by atoms with van der Waals surface area (Å²) >= 11 is 0. The van der Waals surface area contributed by atoms with Gasteiger partial charge in [-0.2, -0.15) is 0 Å². The summed E-state index contributed by atoms with van der Waals surface area (Å²) in [6.45, 7) is 5.15. The van der Waals surface area contributed by atoms with Gasteiger partial charge in [-0.3, -0.25) is 4.79 Å². The molecule has 0 saturated carbocycles. The van der Waals surface area contributed by atoms with Crippen LogP contribution in [0, 0.1) is 6.92 Å². The Morgan fingerprint density at radius 3 is 3.00 bits per heavy atom. The Balaban J connectivity index is 1.82. The van der Waals surface area contributed by atoms with Crippen molar-refractivity contribution in [2.24, 2.45) is 0 Å². The van der Waals surface area contributed by atoms with Gasteiger partial charge < -0.3 is 14.5 Å². The normalized spacial score (nSPS) is 10.6. The highest BCUT2D eigenvalue weighted by molar-refractivity contribution is 5.69. The maximum Gasteiger partial charge on any atom is 0.307 e. The molecule has 1 aromatic heterocycles. The number of ether oxygens (including phenoxy) is 1. The summed E-state index contributed by atoms with van der Waals surface area (Å²) in [6, 6.07) is 7.88. The molecule has 0 spiro atoms. The second kappa shape index (κ2) is 7.54. The van der Waals surface area contributed by atoms with Crippen molar-refractivity contribution in [1.29, 1.82) is 0 Å². The molecule has 0 aliphatic carbocycles. The molecule has 6 nitrogen and oxygen atoms in total. The first-order valence-corrected chi connectivity index (χ1v) is 6.95. The Hall–Kier alpha value is -2.21. The summed E-state index contributed by atoms with van der Waals surface area (Å²) in [7, 11) is 0. The number of carbonyl (C=O) groups excluding carboxylic acids is 1. The third-order valence-corrected chi connectivity index (χ3v) is 2.82. The van der Waals surface area contributed by atoms with Crippen LogP contribution in [0.25, 0.3) is 11.5 Å². The van der Waals surface area contributed by atoms with Gasteiger partial charge in [0.2, 0.25) is 11.8 Å². The zero-order valence-corrected chi connectivity index (χ0v) is 12.3. The van der Waals surface area contributed by atoms with E-state index < -0.39 is 0 Å². The third-order valence-electron chi connectivity index (χ3n) is 2.82. The van der Waals surface area contributed by atoms with Gasteiger partial charge in [-0.25, -0.2) is 0 Å². The zero-order chi connectivity index (χ0) is 15.1. The molecule has 1 aromatic carbocycles. The van der Waals surface area contributed by atoms with Gasteiger partial charge in [0.1, 0.15) is 0 Å². The van der Waals surface area contributed by atoms with Crippen molar-refractivity contribution >= 4 is 5.97 Å². The Labute approximate surface area is 123 Å². The van der Waals surface area contributed by atoms with E-state index in [4.69, 9.17) is 9.15 Å². The highest BCUT2D eigenvalue weighted by Crippen LogP contribution is 2.18. The van der Waals surface area contributed by atoms with Crippen LogP contribution in [0.3, 0.4) is 0 Å². The molecule has 2 rings (SSSR count). The molecule has 0 aliphatic rings. The van der Waals surface area contributed by atoms with Crippen molar-refractivity contribution in [2.75, 3.05) is 13.2 Å². The van der Waals surface area contributed by atoms with E-state index in [0.29, 0.717) is 37.9 Å². The maximum absolute atomic E-state index is 11.2. The highest BCUT2D eigenvalue weighted by atomic mass is 16.5. The molecular weight excluding hydrogens is 270 g/mol. The number of aryl methyl sites for hydroxylation is 1. The minimum absolute atomic E-state index is 0.212. The number of rotatable bonds is 7. The molecule has 112 valence electrons. The quantitative estimate of drug-likeness (QED) is 0.621. The summed E-state index contributed by atoms with van der Waals surface area (Å²) in [6.07, 6.45) is 0.326. The van der Waals surface area contributed by atoms with Gasteiger partial charge in [-0.1, -0.05) is 17.7 Å². The van der Waals surface area contributed by atoms with Crippen LogP contribution < -0.4 is 5.32 Å². The Morgan fingerprint density at radius 2 is 2.24 bits per heavy atom. The second-order valence-corrected chi connectivity index (χ2v) is 4.60. The molecule has 2 aromatic rings. The highest BCUT2D eigenvalue weighted by Gasteiger charge is 2.08. The van der Waals surface area contributed by atoms with E-state index in [-0.39, 0.29) is 5.97 Å². The van der Waals surface area contributed by atoms with Crippen LogP contribution in [-0.4, -0.2) is 29.3 Å². The SMILES string of the molecule is CCOC(=O)CCNCc1nnc(-c2cccc(C)c2)o1. The number of aromatic nitrogens is 2. The van der Waals surface area contributed by atoms with Gasteiger partial charge in [0.25, 0.3) is 0 Å². The molecule has 1 heterocycles. The van der Waals surface area contributed by atoms with E-state index in [2.05, 4.69) is 15.5 Å². The van der Waals surface area contributed by atoms with Gasteiger partial charge in [0.15, 0.2) is 0 Å². The van der Waals surface area contributed by atoms with E-state index in [1.165, 1.54) is 0 Å². The van der Waals surface area contributed by atoms with Crippen LogP contribution in [0.15, 0.2) is 28.7 Å². The summed E-state index contributed by atoms with van der Waals surface area (Å²) in [5.74, 6) is 0.784. The number of carbonyl (C=O) groups is 1. The lowest BCUT2D eigenvalue weighted by molar-refractivity contribution is -0.142. The van der Waals surface area contributed by atoms with Gasteiger partial charge in [0.05, 0.1) is 19.6 Å². The lowest BCUT2D eigenvalue weighted by Crippen LogP contribution is -2.19. The average Bonchev–Trinajstić information content (AvgIpc) is 2.93. The standard InChI is InChI=1S/C15H19N3O3/c1-3-20-14(19)7-8-16-10-13-17-18-15(21-13)12-6-4-5-11(2)9-12/h4-6,9,16H,3,7-8,10H2,1-2H3. The van der Waals surface area contributed by atoms with Gasteiger partial charge in [0, 0.05) is 12.1 Å². The maximum atomic E-state index is 11.2. The predicted octanol–water partition coefficient (Wildman–Crippen LogP) is 2.09. The predicted molar refractivity (Wildman–Crippen MR) is 77.4 cm³/mol. The van der Waals surface area contributed by atoms with Crippen LogP contribution >= 0.6 is 0 Å². The number of esters is 1. The third kappa shape index (κ3) is 4.68. The summed E-state index contributed by atoms with van der Waals surface area (Å²) < 4.78 is 10.4. The molecule has 6 heteroatoms. The fraction of sp³-hybridized carbons (Fsp3) is 0.400. The molecule has 0 unspecified atom stereocenters. The van der Waals surface area contributed by atoms with E-state index in [0.717, 1.165) is 11.1 Å². The minimum atomic E-state index is -0.212. The van der Waals surface area contributed by atoms with Gasteiger partial charge in [-0.15, -0.1) is 10.2 Å². The van der Waals surface area contributed by atoms with Crippen LogP contribution in [0.2, 0.25) is 0 Å². The van der Waals surface area contributed by atoms with E-state index in [9.17, 15) is 4.79 Å². The molecule has 0 aliphatic heterocycles. The van der Waals surface area contributed by atoms with E-state index in [1.807, 2.05) is 31.2 Å². The fourth-order valence-electron chi connectivity index (χ4n) is 1.84. The van der Waals surface area contributed by atoms with E-state index in [1.54, 1.807) is 6.92 Å². The average molecular weight is 289 g/mol. The summed E-state index contributed by atoms with van der Waals surface area (Å²) in [4.78, 5) is 11.2. The van der Waals surface area contributed by atoms with Crippen molar-refractivity contribution in [2.45, 2.75) is 26.8 Å². The fourth-order valence-corrected chi connectivity index (χ4v) is 1.84. The molecule has 0 radical (unpaired) electrons. The molecule has 0 atom stereocenters.